The Morgan fingerprint density at radius 1 is 1.38 bits per heavy atom. The molecule has 1 fully saturated rings. The molecule has 4 rings (SSSR count). The lowest BCUT2D eigenvalue weighted by Gasteiger charge is -2.48. The van der Waals surface area contributed by atoms with Gasteiger partial charge >= 0.3 is 0 Å². The molecule has 2 N–H and O–H groups in total. The summed E-state index contributed by atoms with van der Waals surface area (Å²) in [7, 11) is 0. The predicted octanol–water partition coefficient (Wildman–Crippen LogP) is 1.94. The minimum absolute atomic E-state index is 0.0386. The van der Waals surface area contributed by atoms with Crippen molar-refractivity contribution in [2.75, 3.05) is 13.1 Å². The fourth-order valence-corrected chi connectivity index (χ4v) is 3.89. The Balaban J connectivity index is 1.51. The van der Waals surface area contributed by atoms with Gasteiger partial charge in [0, 0.05) is 11.3 Å². The van der Waals surface area contributed by atoms with Gasteiger partial charge in [0.05, 0.1) is 25.2 Å². The Morgan fingerprint density at radius 3 is 2.79 bits per heavy atom. The molecule has 1 amide bonds. The van der Waals surface area contributed by atoms with Crippen molar-refractivity contribution < 1.29 is 14.3 Å². The molecule has 2 atom stereocenters. The van der Waals surface area contributed by atoms with Crippen LogP contribution in [0.2, 0.25) is 0 Å². The highest BCUT2D eigenvalue weighted by atomic mass is 19.1. The Bertz CT molecular complexity index is 765. The molecule has 2 aromatic rings. The molecule has 2 heterocycles. The zero-order valence-corrected chi connectivity index (χ0v) is 13.5. The van der Waals surface area contributed by atoms with Crippen LogP contribution < -0.4 is 0 Å². The smallest absolute Gasteiger partial charge is 0.230 e. The van der Waals surface area contributed by atoms with Crippen molar-refractivity contribution in [3.8, 4) is 0 Å². The Kier molecular flexibility index (Phi) is 3.46. The summed E-state index contributed by atoms with van der Waals surface area (Å²) in [6.45, 7) is 2.58. The molecule has 1 aliphatic carbocycles. The summed E-state index contributed by atoms with van der Waals surface area (Å²) < 4.78 is 13.0. The first-order valence-electron chi connectivity index (χ1n) is 8.27. The van der Waals surface area contributed by atoms with Crippen LogP contribution >= 0.6 is 0 Å². The van der Waals surface area contributed by atoms with Gasteiger partial charge in [-0.05, 0) is 36.5 Å². The van der Waals surface area contributed by atoms with E-state index in [2.05, 4.69) is 17.1 Å². The van der Waals surface area contributed by atoms with Crippen molar-refractivity contribution in [3.63, 3.8) is 0 Å². The van der Waals surface area contributed by atoms with Crippen molar-refractivity contribution in [3.05, 3.63) is 53.1 Å². The number of carbonyl (C=O) groups excluding carboxylic acids is 1. The number of aromatic amines is 1. The van der Waals surface area contributed by atoms with E-state index in [1.54, 1.807) is 23.2 Å². The quantitative estimate of drug-likeness (QED) is 0.885. The van der Waals surface area contributed by atoms with Crippen molar-refractivity contribution in [1.29, 1.82) is 0 Å². The number of hydrogen-bond donors (Lipinski definition) is 2. The second-order valence-electron chi connectivity index (χ2n) is 7.03. The van der Waals surface area contributed by atoms with E-state index < -0.39 is 5.60 Å². The van der Waals surface area contributed by atoms with Crippen molar-refractivity contribution in [2.24, 2.45) is 5.92 Å². The van der Waals surface area contributed by atoms with E-state index in [0.29, 0.717) is 5.56 Å². The van der Waals surface area contributed by atoms with Crippen LogP contribution in [0.4, 0.5) is 4.39 Å². The summed E-state index contributed by atoms with van der Waals surface area (Å²) in [6, 6.07) is 5.82. The highest BCUT2D eigenvalue weighted by molar-refractivity contribution is 5.85. The third-order valence-electron chi connectivity index (χ3n) is 5.37. The zero-order valence-electron chi connectivity index (χ0n) is 13.5. The largest absolute Gasteiger partial charge is 0.381 e. The van der Waals surface area contributed by atoms with Crippen molar-refractivity contribution >= 4 is 5.91 Å². The van der Waals surface area contributed by atoms with Crippen LogP contribution in [0.3, 0.4) is 0 Å². The van der Waals surface area contributed by atoms with Crippen LogP contribution in [0.5, 0.6) is 0 Å². The number of aromatic nitrogens is 2. The Morgan fingerprint density at radius 2 is 2.08 bits per heavy atom. The van der Waals surface area contributed by atoms with Crippen molar-refractivity contribution in [2.45, 2.75) is 31.3 Å². The SMILES string of the molecule is CC1CCc2[nH]ncc2C1C(=O)N1CC(O)(c2ccc(F)cc2)C1. The van der Waals surface area contributed by atoms with E-state index in [0.717, 1.165) is 24.1 Å². The molecule has 1 aliphatic heterocycles. The molecule has 1 saturated heterocycles. The number of fused-ring (bicyclic) bond motifs is 1. The molecule has 5 nitrogen and oxygen atoms in total. The van der Waals surface area contributed by atoms with Gasteiger partial charge in [0.25, 0.3) is 0 Å². The minimum atomic E-state index is -1.08. The third kappa shape index (κ3) is 2.33. The number of aliphatic hydroxyl groups is 1. The van der Waals surface area contributed by atoms with Gasteiger partial charge < -0.3 is 10.0 Å². The molecular weight excluding hydrogens is 309 g/mol. The average Bonchev–Trinajstić information content (AvgIpc) is 3.00. The highest BCUT2D eigenvalue weighted by Gasteiger charge is 2.48. The van der Waals surface area contributed by atoms with E-state index >= 15 is 0 Å². The van der Waals surface area contributed by atoms with Crippen LogP contribution in [0.25, 0.3) is 0 Å². The first-order chi connectivity index (χ1) is 11.5. The molecular formula is C18H20FN3O2. The summed E-state index contributed by atoms with van der Waals surface area (Å²) in [5.74, 6) is -0.248. The molecule has 1 aromatic heterocycles. The average molecular weight is 329 g/mol. The minimum Gasteiger partial charge on any atom is -0.381 e. The van der Waals surface area contributed by atoms with E-state index in [4.69, 9.17) is 0 Å². The van der Waals surface area contributed by atoms with Gasteiger partial charge in [-0.3, -0.25) is 9.89 Å². The molecule has 126 valence electrons. The number of halogens is 1. The Labute approximate surface area is 139 Å². The van der Waals surface area contributed by atoms with Gasteiger partial charge in [-0.1, -0.05) is 19.1 Å². The van der Waals surface area contributed by atoms with Gasteiger partial charge in [-0.25, -0.2) is 4.39 Å². The number of carbonyl (C=O) groups is 1. The van der Waals surface area contributed by atoms with E-state index in [-0.39, 0.29) is 36.6 Å². The van der Waals surface area contributed by atoms with Gasteiger partial charge in [-0.15, -0.1) is 0 Å². The van der Waals surface area contributed by atoms with Crippen LogP contribution in [0, 0.1) is 11.7 Å². The molecule has 24 heavy (non-hydrogen) atoms. The van der Waals surface area contributed by atoms with Gasteiger partial charge in [0.15, 0.2) is 0 Å². The lowest BCUT2D eigenvalue weighted by molar-refractivity contribution is -0.160. The maximum Gasteiger partial charge on any atom is 0.230 e. The molecule has 0 saturated carbocycles. The molecule has 2 aliphatic rings. The molecule has 0 radical (unpaired) electrons. The number of nitrogens with one attached hydrogen (secondary N) is 1. The third-order valence-corrected chi connectivity index (χ3v) is 5.37. The maximum absolute atomic E-state index is 13.0. The van der Waals surface area contributed by atoms with E-state index in [1.165, 1.54) is 12.1 Å². The molecule has 1 aromatic carbocycles. The molecule has 0 bridgehead atoms. The fraction of sp³-hybridized carbons (Fsp3) is 0.444. The standard InChI is InChI=1S/C18H20FN3O2/c1-11-2-7-15-14(8-20-21-15)16(11)17(23)22-9-18(24,10-22)12-3-5-13(19)6-4-12/h3-6,8,11,16,24H,2,7,9-10H2,1H3,(H,20,21). The zero-order chi connectivity index (χ0) is 16.9. The second-order valence-corrected chi connectivity index (χ2v) is 7.03. The van der Waals surface area contributed by atoms with Gasteiger partial charge in [-0.2, -0.15) is 5.10 Å². The number of likely N-dealkylation sites (tertiary alicyclic amines) is 1. The number of nitrogens with zero attached hydrogens (tertiary/aromatic N) is 2. The van der Waals surface area contributed by atoms with Crippen LogP contribution in [-0.2, 0) is 16.8 Å². The van der Waals surface area contributed by atoms with Crippen LogP contribution in [0.1, 0.15) is 36.1 Å². The number of aryl methyl sites for hydroxylation is 1. The van der Waals surface area contributed by atoms with Gasteiger partial charge in [0.1, 0.15) is 11.4 Å². The first-order valence-corrected chi connectivity index (χ1v) is 8.27. The summed E-state index contributed by atoms with van der Waals surface area (Å²) in [6.07, 6.45) is 3.61. The summed E-state index contributed by atoms with van der Waals surface area (Å²) >= 11 is 0. The van der Waals surface area contributed by atoms with Gasteiger partial charge in [0.2, 0.25) is 5.91 Å². The summed E-state index contributed by atoms with van der Waals surface area (Å²) in [5.41, 5.74) is 1.59. The predicted molar refractivity (Wildman–Crippen MR) is 85.7 cm³/mol. The topological polar surface area (TPSA) is 69.2 Å². The van der Waals surface area contributed by atoms with E-state index in [9.17, 15) is 14.3 Å². The number of hydrogen-bond acceptors (Lipinski definition) is 3. The lowest BCUT2D eigenvalue weighted by atomic mass is 9.76. The number of H-pyrrole nitrogens is 1. The monoisotopic (exact) mass is 329 g/mol. The Hall–Kier alpha value is -2.21. The number of rotatable bonds is 2. The number of benzene rings is 1. The number of β-amino-alcohol motifs (C(OH)–C–C–N with tert-alkyl or cyclic N) is 1. The highest BCUT2D eigenvalue weighted by Crippen LogP contribution is 2.40. The molecule has 2 unspecified atom stereocenters. The van der Waals surface area contributed by atoms with Crippen LogP contribution in [0.15, 0.2) is 30.5 Å². The van der Waals surface area contributed by atoms with E-state index in [1.807, 2.05) is 0 Å². The lowest BCUT2D eigenvalue weighted by Crippen LogP contribution is -2.62. The summed E-state index contributed by atoms with van der Waals surface area (Å²) in [4.78, 5) is 14.6. The number of amides is 1. The summed E-state index contributed by atoms with van der Waals surface area (Å²) in [5, 5.41) is 17.7. The molecule has 6 heteroatoms. The molecule has 0 spiro atoms. The van der Waals surface area contributed by atoms with Crippen molar-refractivity contribution in [1.82, 2.24) is 15.1 Å². The first kappa shape index (κ1) is 15.3. The van der Waals surface area contributed by atoms with Crippen LogP contribution in [-0.4, -0.2) is 39.2 Å². The maximum atomic E-state index is 13.0. The normalized spacial score (nSPS) is 25.0. The fourth-order valence-electron chi connectivity index (χ4n) is 3.89. The second kappa shape index (κ2) is 5.41.